The third-order valence-electron chi connectivity index (χ3n) is 5.94. The quantitative estimate of drug-likeness (QED) is 0.374. The van der Waals surface area contributed by atoms with Gasteiger partial charge in [-0.05, 0) is 62.4 Å². The molecule has 1 aliphatic carbocycles. The van der Waals surface area contributed by atoms with Crippen molar-refractivity contribution in [3.63, 3.8) is 0 Å². The molecule has 0 saturated carbocycles. The summed E-state index contributed by atoms with van der Waals surface area (Å²) in [5.74, 6) is 1.54. The molecule has 8 heteroatoms. The third-order valence-corrected chi connectivity index (χ3v) is 6.95. The van der Waals surface area contributed by atoms with Crippen LogP contribution in [-0.2, 0) is 13.0 Å². The normalized spacial score (nSPS) is 15.2. The van der Waals surface area contributed by atoms with E-state index in [9.17, 15) is 5.26 Å². The molecule has 7 nitrogen and oxygen atoms in total. The second-order valence-electron chi connectivity index (χ2n) is 8.64. The molecular formula is C26H26N6OS. The highest BCUT2D eigenvalue weighted by molar-refractivity contribution is 7.17. The van der Waals surface area contributed by atoms with Crippen molar-refractivity contribution in [1.29, 1.82) is 5.26 Å². The summed E-state index contributed by atoms with van der Waals surface area (Å²) in [5.41, 5.74) is 5.19. The number of aromatic nitrogens is 4. The number of ether oxygens (including phenoxy) is 1. The first-order valence-corrected chi connectivity index (χ1v) is 12.3. The second-order valence-corrected chi connectivity index (χ2v) is 9.61. The Balaban J connectivity index is 1.42. The van der Waals surface area contributed by atoms with E-state index in [1.807, 2.05) is 38.2 Å². The molecule has 2 aromatic heterocycles. The standard InChI is InChI=1S/C26H26N6OS/c1-16(2)33-23-10-9-17(13-18(23)14-27)25-31-32-26(34-25)21-7-3-6-20-19(21)5-4-8-22(20)30-15-24-28-11-12-29-24/h3,6-7,9-13,16,22,30H,4-5,8,15H2,1-2H3,(H,28,29)/t22-/m1/s1. The minimum atomic E-state index is 0.00716. The number of nitrogens with zero attached hydrogens (tertiary/aromatic N) is 4. The fraction of sp³-hybridized carbons (Fsp3) is 0.308. The first-order chi connectivity index (χ1) is 16.6. The molecule has 34 heavy (non-hydrogen) atoms. The van der Waals surface area contributed by atoms with E-state index < -0.39 is 0 Å². The maximum Gasteiger partial charge on any atom is 0.148 e. The lowest BCUT2D eigenvalue weighted by Gasteiger charge is -2.27. The predicted molar refractivity (Wildman–Crippen MR) is 132 cm³/mol. The average Bonchev–Trinajstić information content (AvgIpc) is 3.55. The van der Waals surface area contributed by atoms with E-state index in [1.165, 1.54) is 11.1 Å². The Bertz CT molecular complexity index is 1320. The Morgan fingerprint density at radius 1 is 1.24 bits per heavy atom. The van der Waals surface area contributed by atoms with E-state index in [0.29, 0.717) is 17.9 Å². The van der Waals surface area contributed by atoms with E-state index in [-0.39, 0.29) is 12.1 Å². The van der Waals surface area contributed by atoms with Crippen LogP contribution in [0, 0.1) is 11.3 Å². The van der Waals surface area contributed by atoms with Crippen molar-refractivity contribution < 1.29 is 4.74 Å². The Labute approximate surface area is 202 Å². The van der Waals surface area contributed by atoms with Crippen LogP contribution in [0.25, 0.3) is 21.1 Å². The van der Waals surface area contributed by atoms with Crippen LogP contribution in [0.5, 0.6) is 5.75 Å². The Morgan fingerprint density at radius 2 is 2.12 bits per heavy atom. The van der Waals surface area contributed by atoms with E-state index >= 15 is 0 Å². The molecule has 1 aliphatic rings. The van der Waals surface area contributed by atoms with Gasteiger partial charge in [0.05, 0.1) is 18.2 Å². The third kappa shape index (κ3) is 4.58. The summed E-state index contributed by atoms with van der Waals surface area (Å²) in [6, 6.07) is 14.6. The SMILES string of the molecule is CC(C)Oc1ccc(-c2nnc(-c3cccc4c3CCC[C@H]4NCc3ncc[nH]3)s2)cc1C#N. The number of hydrogen-bond acceptors (Lipinski definition) is 7. The number of aromatic amines is 1. The predicted octanol–water partition coefficient (Wildman–Crippen LogP) is 5.42. The van der Waals surface area contributed by atoms with Crippen molar-refractivity contribution in [3.8, 4) is 33.0 Å². The zero-order valence-corrected chi connectivity index (χ0v) is 20.0. The average molecular weight is 471 g/mol. The van der Waals surface area contributed by atoms with Crippen LogP contribution < -0.4 is 10.1 Å². The summed E-state index contributed by atoms with van der Waals surface area (Å²) in [7, 11) is 0. The number of nitrogens with one attached hydrogen (secondary N) is 2. The van der Waals surface area contributed by atoms with Gasteiger partial charge in [-0.25, -0.2) is 4.98 Å². The highest BCUT2D eigenvalue weighted by Crippen LogP contribution is 2.39. The van der Waals surface area contributed by atoms with Gasteiger partial charge in [0.25, 0.3) is 0 Å². The molecule has 1 atom stereocenters. The Hall–Kier alpha value is -3.54. The van der Waals surface area contributed by atoms with Gasteiger partial charge in [-0.3, -0.25) is 0 Å². The number of nitriles is 1. The minimum Gasteiger partial charge on any atom is -0.490 e. The molecule has 0 spiro atoms. The first kappa shape index (κ1) is 22.3. The lowest BCUT2D eigenvalue weighted by atomic mass is 9.85. The Morgan fingerprint density at radius 3 is 2.91 bits per heavy atom. The highest BCUT2D eigenvalue weighted by Gasteiger charge is 2.24. The van der Waals surface area contributed by atoms with E-state index in [2.05, 4.69) is 49.8 Å². The highest BCUT2D eigenvalue weighted by atomic mass is 32.1. The van der Waals surface area contributed by atoms with Gasteiger partial charge in [0.1, 0.15) is 27.7 Å². The summed E-state index contributed by atoms with van der Waals surface area (Å²) in [4.78, 5) is 7.48. The lowest BCUT2D eigenvalue weighted by Crippen LogP contribution is -2.25. The molecular weight excluding hydrogens is 444 g/mol. The van der Waals surface area contributed by atoms with Gasteiger partial charge in [0, 0.05) is 29.6 Å². The number of hydrogen-bond donors (Lipinski definition) is 2. The summed E-state index contributed by atoms with van der Waals surface area (Å²) in [5, 5.41) is 23.9. The molecule has 0 saturated heterocycles. The van der Waals surface area contributed by atoms with Crippen LogP contribution in [0.15, 0.2) is 48.8 Å². The molecule has 0 aliphatic heterocycles. The van der Waals surface area contributed by atoms with Gasteiger partial charge in [-0.15, -0.1) is 10.2 Å². The zero-order chi connectivity index (χ0) is 23.5. The van der Waals surface area contributed by atoms with Crippen molar-refractivity contribution >= 4 is 11.3 Å². The fourth-order valence-corrected chi connectivity index (χ4v) is 5.32. The summed E-state index contributed by atoms with van der Waals surface area (Å²) < 4.78 is 5.75. The molecule has 0 amide bonds. The van der Waals surface area contributed by atoms with Crippen LogP contribution in [0.3, 0.4) is 0 Å². The minimum absolute atomic E-state index is 0.00716. The first-order valence-electron chi connectivity index (χ1n) is 11.5. The largest absolute Gasteiger partial charge is 0.490 e. The van der Waals surface area contributed by atoms with E-state index in [4.69, 9.17) is 4.74 Å². The van der Waals surface area contributed by atoms with Gasteiger partial charge in [-0.1, -0.05) is 29.5 Å². The summed E-state index contributed by atoms with van der Waals surface area (Å²) >= 11 is 1.56. The molecule has 0 unspecified atom stereocenters. The van der Waals surface area contributed by atoms with Gasteiger partial charge in [-0.2, -0.15) is 5.26 Å². The zero-order valence-electron chi connectivity index (χ0n) is 19.2. The van der Waals surface area contributed by atoms with Gasteiger partial charge in [0.15, 0.2) is 0 Å². The van der Waals surface area contributed by atoms with Crippen molar-refractivity contribution in [2.45, 2.75) is 51.8 Å². The Kier molecular flexibility index (Phi) is 6.39. The molecule has 2 aromatic carbocycles. The summed E-state index contributed by atoms with van der Waals surface area (Å²) in [6.45, 7) is 4.61. The maximum atomic E-state index is 9.57. The number of imidazole rings is 1. The number of H-pyrrole nitrogens is 1. The van der Waals surface area contributed by atoms with Crippen molar-refractivity contribution in [2.24, 2.45) is 0 Å². The summed E-state index contributed by atoms with van der Waals surface area (Å²) in [6.07, 6.45) is 6.88. The monoisotopic (exact) mass is 470 g/mol. The molecule has 172 valence electrons. The van der Waals surface area contributed by atoms with E-state index in [1.54, 1.807) is 17.5 Å². The van der Waals surface area contributed by atoms with Crippen LogP contribution in [-0.4, -0.2) is 26.3 Å². The fourth-order valence-electron chi connectivity index (χ4n) is 4.43. The van der Waals surface area contributed by atoms with E-state index in [0.717, 1.165) is 46.2 Å². The van der Waals surface area contributed by atoms with Crippen molar-refractivity contribution in [1.82, 2.24) is 25.5 Å². The second kappa shape index (κ2) is 9.75. The topological polar surface area (TPSA) is 99.5 Å². The molecule has 0 fully saturated rings. The van der Waals surface area contributed by atoms with Gasteiger partial charge < -0.3 is 15.0 Å². The molecule has 0 bridgehead atoms. The molecule has 2 N–H and O–H groups in total. The van der Waals surface area contributed by atoms with Crippen LogP contribution in [0.2, 0.25) is 0 Å². The smallest absolute Gasteiger partial charge is 0.148 e. The molecule has 2 heterocycles. The van der Waals surface area contributed by atoms with Gasteiger partial charge >= 0.3 is 0 Å². The number of rotatable bonds is 7. The van der Waals surface area contributed by atoms with Crippen molar-refractivity contribution in [3.05, 3.63) is 71.3 Å². The van der Waals surface area contributed by atoms with Crippen molar-refractivity contribution in [2.75, 3.05) is 0 Å². The van der Waals surface area contributed by atoms with Crippen LogP contribution in [0.1, 0.15) is 55.2 Å². The molecule has 0 radical (unpaired) electrons. The van der Waals surface area contributed by atoms with Crippen LogP contribution >= 0.6 is 11.3 Å². The number of fused-ring (bicyclic) bond motifs is 1. The number of benzene rings is 2. The molecule has 5 rings (SSSR count). The maximum absolute atomic E-state index is 9.57. The van der Waals surface area contributed by atoms with Crippen LogP contribution in [0.4, 0.5) is 0 Å². The molecule has 4 aromatic rings. The lowest BCUT2D eigenvalue weighted by molar-refractivity contribution is 0.242. The van der Waals surface area contributed by atoms with Gasteiger partial charge in [0.2, 0.25) is 0 Å².